The molecular weight excluding hydrogens is 347 g/mol. The molecule has 0 spiro atoms. The van der Waals surface area contributed by atoms with Crippen LogP contribution >= 0.6 is 23.2 Å². The van der Waals surface area contributed by atoms with E-state index in [0.29, 0.717) is 11.1 Å². The average molecular weight is 357 g/mol. The van der Waals surface area contributed by atoms with Gasteiger partial charge in [0.25, 0.3) is 0 Å². The molecule has 2 aromatic carbocycles. The fourth-order valence-electron chi connectivity index (χ4n) is 1.83. The predicted octanol–water partition coefficient (Wildman–Crippen LogP) is 4.48. The summed E-state index contributed by atoms with van der Waals surface area (Å²) in [6, 6.07) is 11.8. The highest BCUT2D eigenvalue weighted by molar-refractivity contribution is 6.50. The summed E-state index contributed by atoms with van der Waals surface area (Å²) in [6.45, 7) is 0. The van der Waals surface area contributed by atoms with Gasteiger partial charge in [0.05, 0.1) is 0 Å². The number of halogens is 2. The van der Waals surface area contributed by atoms with Crippen molar-refractivity contribution < 1.29 is 29.3 Å². The van der Waals surface area contributed by atoms with E-state index in [4.69, 9.17) is 33.4 Å². The second kappa shape index (κ2) is 6.76. The summed E-state index contributed by atoms with van der Waals surface area (Å²) in [5, 5.41) is 17.1. The summed E-state index contributed by atoms with van der Waals surface area (Å²) in [6.07, 6.45) is -2.84. The molecule has 0 unspecified atom stereocenters. The first-order valence-corrected chi connectivity index (χ1v) is 6.95. The minimum absolute atomic E-state index is 0.135. The van der Waals surface area contributed by atoms with Gasteiger partial charge in [-0.15, -0.1) is 0 Å². The molecule has 2 aromatic rings. The molecular formula is C15H10Cl2O6. The summed E-state index contributed by atoms with van der Waals surface area (Å²) in [5.41, 5.74) is 0.982. The van der Waals surface area contributed by atoms with E-state index < -0.39 is 16.6 Å². The normalized spacial score (nSPS) is 10.9. The molecule has 0 aliphatic carbocycles. The van der Waals surface area contributed by atoms with E-state index >= 15 is 0 Å². The minimum atomic E-state index is -1.42. The van der Waals surface area contributed by atoms with Gasteiger partial charge in [0.1, 0.15) is 11.5 Å². The lowest BCUT2D eigenvalue weighted by Gasteiger charge is -2.21. The largest absolute Gasteiger partial charge is 0.511 e. The Morgan fingerprint density at radius 2 is 1.04 bits per heavy atom. The van der Waals surface area contributed by atoms with Crippen molar-refractivity contribution in [2.75, 3.05) is 0 Å². The van der Waals surface area contributed by atoms with Crippen molar-refractivity contribution >= 4 is 35.5 Å². The SMILES string of the molecule is O=C(O)Oc1ccc(C(Cl)(Cl)c2ccc(OC(=O)O)cc2)cc1. The highest BCUT2D eigenvalue weighted by atomic mass is 35.5. The van der Waals surface area contributed by atoms with Crippen LogP contribution in [-0.4, -0.2) is 22.5 Å². The first-order chi connectivity index (χ1) is 10.8. The average Bonchev–Trinajstić information content (AvgIpc) is 2.47. The number of carbonyl (C=O) groups is 2. The van der Waals surface area contributed by atoms with Gasteiger partial charge in [-0.05, 0) is 35.4 Å². The van der Waals surface area contributed by atoms with Gasteiger partial charge in [0.15, 0.2) is 4.33 Å². The highest BCUT2D eigenvalue weighted by Gasteiger charge is 2.29. The molecule has 23 heavy (non-hydrogen) atoms. The zero-order valence-corrected chi connectivity index (χ0v) is 12.9. The standard InChI is InChI=1S/C15H10Cl2O6/c16-15(17,9-1-5-11(6-2-9)22-13(18)19)10-3-7-12(8-4-10)23-14(20)21/h1-8H,(H,18,19)(H,20,21). The lowest BCUT2D eigenvalue weighted by atomic mass is 10.0. The first-order valence-electron chi connectivity index (χ1n) is 6.19. The summed E-state index contributed by atoms with van der Waals surface area (Å²) >= 11 is 12.7. The van der Waals surface area contributed by atoms with Gasteiger partial charge in [-0.2, -0.15) is 0 Å². The molecule has 2 N–H and O–H groups in total. The van der Waals surface area contributed by atoms with Crippen molar-refractivity contribution in [2.45, 2.75) is 4.33 Å². The van der Waals surface area contributed by atoms with Crippen molar-refractivity contribution in [3.63, 3.8) is 0 Å². The van der Waals surface area contributed by atoms with Crippen LogP contribution in [0.25, 0.3) is 0 Å². The molecule has 6 nitrogen and oxygen atoms in total. The van der Waals surface area contributed by atoms with Crippen LogP contribution in [0.3, 0.4) is 0 Å². The molecule has 0 aliphatic heterocycles. The van der Waals surface area contributed by atoms with Crippen LogP contribution in [0.4, 0.5) is 9.59 Å². The number of hydrogen-bond donors (Lipinski definition) is 2. The van der Waals surface area contributed by atoms with Crippen molar-refractivity contribution in [2.24, 2.45) is 0 Å². The van der Waals surface area contributed by atoms with E-state index in [1.54, 1.807) is 0 Å². The summed E-state index contributed by atoms with van der Waals surface area (Å²) in [5.74, 6) is 0.270. The lowest BCUT2D eigenvalue weighted by Crippen LogP contribution is -2.12. The fraction of sp³-hybridized carbons (Fsp3) is 0.0667. The second-order valence-electron chi connectivity index (χ2n) is 4.36. The zero-order chi connectivity index (χ0) is 17.0. The third-order valence-electron chi connectivity index (χ3n) is 2.84. The molecule has 0 amide bonds. The van der Waals surface area contributed by atoms with Crippen LogP contribution in [0.5, 0.6) is 11.5 Å². The van der Waals surface area contributed by atoms with E-state index in [-0.39, 0.29) is 11.5 Å². The van der Waals surface area contributed by atoms with Crippen molar-refractivity contribution in [1.29, 1.82) is 0 Å². The fourth-order valence-corrected chi connectivity index (χ4v) is 2.34. The number of carboxylic acid groups (broad SMARTS) is 2. The van der Waals surface area contributed by atoms with E-state index in [9.17, 15) is 9.59 Å². The van der Waals surface area contributed by atoms with Crippen LogP contribution < -0.4 is 9.47 Å². The van der Waals surface area contributed by atoms with Crippen LogP contribution in [0.1, 0.15) is 11.1 Å². The number of hydrogen-bond acceptors (Lipinski definition) is 4. The Bertz CT molecular complexity index is 648. The zero-order valence-electron chi connectivity index (χ0n) is 11.4. The topological polar surface area (TPSA) is 93.1 Å². The molecule has 0 saturated heterocycles. The lowest BCUT2D eigenvalue weighted by molar-refractivity contribution is 0.143. The Morgan fingerprint density at radius 1 is 0.739 bits per heavy atom. The maximum Gasteiger partial charge on any atom is 0.511 e. The van der Waals surface area contributed by atoms with E-state index in [1.807, 2.05) is 0 Å². The van der Waals surface area contributed by atoms with Gasteiger partial charge in [0.2, 0.25) is 0 Å². The van der Waals surface area contributed by atoms with Crippen LogP contribution in [0.15, 0.2) is 48.5 Å². The van der Waals surface area contributed by atoms with Crippen molar-refractivity contribution in [3.8, 4) is 11.5 Å². The molecule has 0 heterocycles. The Morgan fingerprint density at radius 3 is 1.30 bits per heavy atom. The van der Waals surface area contributed by atoms with Gasteiger partial charge < -0.3 is 19.7 Å². The van der Waals surface area contributed by atoms with Crippen molar-refractivity contribution in [3.05, 3.63) is 59.7 Å². The molecule has 8 heteroatoms. The van der Waals surface area contributed by atoms with E-state index in [0.717, 1.165) is 0 Å². The van der Waals surface area contributed by atoms with Gasteiger partial charge in [0, 0.05) is 0 Å². The smallest absolute Gasteiger partial charge is 0.449 e. The van der Waals surface area contributed by atoms with Gasteiger partial charge in [-0.3, -0.25) is 0 Å². The quantitative estimate of drug-likeness (QED) is 0.476. The molecule has 0 atom stereocenters. The van der Waals surface area contributed by atoms with Crippen molar-refractivity contribution in [1.82, 2.24) is 0 Å². The third kappa shape index (κ3) is 4.28. The van der Waals surface area contributed by atoms with E-state index in [1.165, 1.54) is 48.5 Å². The Hall–Kier alpha value is -2.44. The summed E-state index contributed by atoms with van der Waals surface area (Å²) in [4.78, 5) is 20.9. The minimum Gasteiger partial charge on any atom is -0.449 e. The molecule has 120 valence electrons. The molecule has 2 rings (SSSR count). The van der Waals surface area contributed by atoms with Crippen LogP contribution in [0, 0.1) is 0 Å². The molecule has 0 radical (unpaired) electrons. The van der Waals surface area contributed by atoms with E-state index in [2.05, 4.69) is 9.47 Å². The van der Waals surface area contributed by atoms with Gasteiger partial charge in [-0.1, -0.05) is 47.5 Å². The molecule has 0 bridgehead atoms. The number of benzene rings is 2. The first kappa shape index (κ1) is 16.9. The van der Waals surface area contributed by atoms with Gasteiger partial charge in [-0.25, -0.2) is 9.59 Å². The number of rotatable bonds is 4. The van der Waals surface area contributed by atoms with Crippen LogP contribution in [0.2, 0.25) is 0 Å². The predicted molar refractivity (Wildman–Crippen MR) is 82.7 cm³/mol. The second-order valence-corrected chi connectivity index (χ2v) is 5.69. The maximum absolute atomic E-state index is 10.5. The Labute approximate surface area is 140 Å². The summed E-state index contributed by atoms with van der Waals surface area (Å²) in [7, 11) is 0. The number of alkyl halides is 2. The summed E-state index contributed by atoms with van der Waals surface area (Å²) < 4.78 is 7.58. The molecule has 0 aliphatic rings. The Kier molecular flexibility index (Phi) is 4.98. The third-order valence-corrected chi connectivity index (χ3v) is 3.72. The molecule has 0 saturated carbocycles. The highest BCUT2D eigenvalue weighted by Crippen LogP contribution is 2.41. The number of ether oxygens (including phenoxy) is 2. The molecule has 0 fully saturated rings. The Balaban J connectivity index is 2.23. The van der Waals surface area contributed by atoms with Crippen LogP contribution in [-0.2, 0) is 4.33 Å². The monoisotopic (exact) mass is 356 g/mol. The van der Waals surface area contributed by atoms with Gasteiger partial charge >= 0.3 is 12.3 Å². The maximum atomic E-state index is 10.5. The molecule has 0 aromatic heterocycles.